The number of benzene rings is 2. The molecule has 144 valence electrons. The lowest BCUT2D eigenvalue weighted by atomic mass is 10.2. The number of carbonyl (C=O) groups excluding carboxylic acids is 1. The van der Waals surface area contributed by atoms with Gasteiger partial charge in [-0.25, -0.2) is 0 Å². The van der Waals surface area contributed by atoms with E-state index in [2.05, 4.69) is 11.0 Å². The topological polar surface area (TPSA) is 32.8 Å². The average molecular weight is 413 g/mol. The first-order valence-corrected chi connectivity index (χ1v) is 10.4. The summed E-state index contributed by atoms with van der Waals surface area (Å²) in [7, 11) is 1.67. The van der Waals surface area contributed by atoms with E-state index in [1.807, 2.05) is 53.4 Å². The number of amides is 1. The highest BCUT2D eigenvalue weighted by molar-refractivity contribution is 7.20. The molecule has 28 heavy (non-hydrogen) atoms. The minimum Gasteiger partial charge on any atom is -0.497 e. The van der Waals surface area contributed by atoms with E-state index in [1.165, 1.54) is 0 Å². The van der Waals surface area contributed by atoms with Crippen molar-refractivity contribution in [1.82, 2.24) is 4.90 Å². The molecule has 0 aliphatic carbocycles. The molecule has 0 bridgehead atoms. The molecule has 2 aromatic carbocycles. The fraction of sp³-hybridized carbons (Fsp3) is 0.227. The van der Waals surface area contributed by atoms with Gasteiger partial charge >= 0.3 is 0 Å². The number of halogens is 1. The van der Waals surface area contributed by atoms with Gasteiger partial charge in [0.05, 0.1) is 12.1 Å². The van der Waals surface area contributed by atoms with Gasteiger partial charge in [-0.05, 0) is 24.3 Å². The quantitative estimate of drug-likeness (QED) is 0.570. The lowest BCUT2D eigenvalue weighted by molar-refractivity contribution is -0.126. The molecule has 6 heteroatoms. The van der Waals surface area contributed by atoms with Crippen LogP contribution in [-0.4, -0.2) is 44.1 Å². The van der Waals surface area contributed by atoms with Gasteiger partial charge in [0.15, 0.2) is 0 Å². The number of nitrogens with zero attached hydrogens (tertiary/aromatic N) is 2. The molecule has 3 aromatic rings. The van der Waals surface area contributed by atoms with Gasteiger partial charge < -0.3 is 14.5 Å². The van der Waals surface area contributed by atoms with Crippen molar-refractivity contribution in [2.75, 3.05) is 38.2 Å². The summed E-state index contributed by atoms with van der Waals surface area (Å²) >= 11 is 8.06. The maximum Gasteiger partial charge on any atom is 0.246 e. The Labute approximate surface area is 173 Å². The minimum atomic E-state index is 0.0267. The molecule has 1 fully saturated rings. The highest BCUT2D eigenvalue weighted by atomic mass is 35.5. The lowest BCUT2D eigenvalue weighted by Crippen LogP contribution is -2.48. The van der Waals surface area contributed by atoms with Crippen molar-refractivity contribution in [3.63, 3.8) is 0 Å². The van der Waals surface area contributed by atoms with Crippen molar-refractivity contribution in [2.24, 2.45) is 0 Å². The molecule has 1 amide bonds. The Kier molecular flexibility index (Phi) is 5.55. The van der Waals surface area contributed by atoms with E-state index < -0.39 is 0 Å². The predicted molar refractivity (Wildman–Crippen MR) is 118 cm³/mol. The molecule has 1 aromatic heterocycles. The zero-order valence-electron chi connectivity index (χ0n) is 15.6. The molecular formula is C22H21ClN2O2S. The number of anilines is 1. The molecule has 2 heterocycles. The second kappa shape index (κ2) is 8.25. The SMILES string of the molecule is COc1cccc(N2CCN(C(=O)/C=C/c3sc4ccccc4c3Cl)CC2)c1. The summed E-state index contributed by atoms with van der Waals surface area (Å²) in [5.41, 5.74) is 1.12. The molecule has 0 radical (unpaired) electrons. The van der Waals surface area contributed by atoms with Crippen molar-refractivity contribution in [2.45, 2.75) is 0 Å². The third-order valence-corrected chi connectivity index (χ3v) is 6.60. The van der Waals surface area contributed by atoms with Crippen molar-refractivity contribution in [1.29, 1.82) is 0 Å². The van der Waals surface area contributed by atoms with E-state index in [-0.39, 0.29) is 5.91 Å². The standard InChI is InChI=1S/C22H21ClN2O2S/c1-27-17-6-4-5-16(15-17)24-11-13-25(14-12-24)21(26)10-9-20-22(23)18-7-2-3-8-19(18)28-20/h2-10,15H,11-14H2,1H3/b10-9+. The Morgan fingerprint density at radius 1 is 1.11 bits per heavy atom. The Balaban J connectivity index is 1.39. The molecule has 1 aliphatic rings. The maximum atomic E-state index is 12.6. The fourth-order valence-electron chi connectivity index (χ4n) is 3.38. The minimum absolute atomic E-state index is 0.0267. The first-order valence-electron chi connectivity index (χ1n) is 9.19. The van der Waals surface area contributed by atoms with Crippen LogP contribution in [0.4, 0.5) is 5.69 Å². The van der Waals surface area contributed by atoms with E-state index in [4.69, 9.17) is 16.3 Å². The van der Waals surface area contributed by atoms with E-state index >= 15 is 0 Å². The van der Waals surface area contributed by atoms with Crippen LogP contribution >= 0.6 is 22.9 Å². The van der Waals surface area contributed by atoms with Gasteiger partial charge in [0.1, 0.15) is 5.75 Å². The summed E-state index contributed by atoms with van der Waals surface area (Å²) in [5, 5.41) is 1.75. The first kappa shape index (κ1) is 18.8. The number of hydrogen-bond acceptors (Lipinski definition) is 4. The molecule has 1 saturated heterocycles. The van der Waals surface area contributed by atoms with E-state index in [9.17, 15) is 4.79 Å². The van der Waals surface area contributed by atoms with Gasteiger partial charge in [0.2, 0.25) is 5.91 Å². The van der Waals surface area contributed by atoms with Gasteiger partial charge in [-0.1, -0.05) is 35.9 Å². The summed E-state index contributed by atoms with van der Waals surface area (Å²) in [6.45, 7) is 2.99. The van der Waals surface area contributed by atoms with Crippen LogP contribution in [0.25, 0.3) is 16.2 Å². The van der Waals surface area contributed by atoms with Crippen LogP contribution in [0.15, 0.2) is 54.6 Å². The van der Waals surface area contributed by atoms with Gasteiger partial charge in [0.25, 0.3) is 0 Å². The van der Waals surface area contributed by atoms with Crippen LogP contribution in [0.5, 0.6) is 5.75 Å². The number of methoxy groups -OCH3 is 1. The Morgan fingerprint density at radius 2 is 1.89 bits per heavy atom. The number of carbonyl (C=O) groups is 1. The number of fused-ring (bicyclic) bond motifs is 1. The van der Waals surface area contributed by atoms with Crippen molar-refractivity contribution >= 4 is 50.7 Å². The van der Waals surface area contributed by atoms with Crippen LogP contribution in [0.1, 0.15) is 4.88 Å². The molecule has 0 unspecified atom stereocenters. The van der Waals surface area contributed by atoms with E-state index in [0.29, 0.717) is 18.1 Å². The third kappa shape index (κ3) is 3.86. The molecule has 0 atom stereocenters. The molecule has 0 spiro atoms. The number of hydrogen-bond donors (Lipinski definition) is 0. The number of rotatable bonds is 4. The normalized spacial score (nSPS) is 14.8. The first-order chi connectivity index (χ1) is 13.7. The molecule has 1 aliphatic heterocycles. The second-order valence-corrected chi connectivity index (χ2v) is 8.09. The highest BCUT2D eigenvalue weighted by Crippen LogP contribution is 2.36. The van der Waals surface area contributed by atoms with Crippen molar-refractivity contribution in [3.8, 4) is 5.75 Å². The van der Waals surface area contributed by atoms with Gasteiger partial charge in [-0.15, -0.1) is 11.3 Å². The number of piperazine rings is 1. The zero-order valence-corrected chi connectivity index (χ0v) is 17.2. The summed E-state index contributed by atoms with van der Waals surface area (Å²) in [4.78, 5) is 17.7. The maximum absolute atomic E-state index is 12.6. The number of ether oxygens (including phenoxy) is 1. The second-order valence-electron chi connectivity index (χ2n) is 6.62. The van der Waals surface area contributed by atoms with Crippen LogP contribution in [-0.2, 0) is 4.79 Å². The molecule has 0 N–H and O–H groups in total. The molecular weight excluding hydrogens is 392 g/mol. The van der Waals surface area contributed by atoms with Crippen LogP contribution < -0.4 is 9.64 Å². The van der Waals surface area contributed by atoms with E-state index in [0.717, 1.165) is 39.5 Å². The zero-order chi connectivity index (χ0) is 19.5. The lowest BCUT2D eigenvalue weighted by Gasteiger charge is -2.35. The van der Waals surface area contributed by atoms with Crippen LogP contribution in [0, 0.1) is 0 Å². The van der Waals surface area contributed by atoms with Gasteiger partial charge in [-0.3, -0.25) is 4.79 Å². The molecule has 4 nitrogen and oxygen atoms in total. The summed E-state index contributed by atoms with van der Waals surface area (Å²) in [5.74, 6) is 0.873. The fourth-order valence-corrected chi connectivity index (χ4v) is 4.78. The number of thiophene rings is 1. The smallest absolute Gasteiger partial charge is 0.246 e. The summed E-state index contributed by atoms with van der Waals surface area (Å²) in [6, 6.07) is 16.0. The van der Waals surface area contributed by atoms with Gasteiger partial charge in [0, 0.05) is 59.0 Å². The van der Waals surface area contributed by atoms with Crippen molar-refractivity contribution in [3.05, 3.63) is 64.5 Å². The Hall–Kier alpha value is -2.50. The highest BCUT2D eigenvalue weighted by Gasteiger charge is 2.20. The van der Waals surface area contributed by atoms with Crippen LogP contribution in [0.3, 0.4) is 0 Å². The van der Waals surface area contributed by atoms with Gasteiger partial charge in [-0.2, -0.15) is 0 Å². The molecule has 0 saturated carbocycles. The van der Waals surface area contributed by atoms with Crippen molar-refractivity contribution < 1.29 is 9.53 Å². The summed E-state index contributed by atoms with van der Waals surface area (Å²) in [6.07, 6.45) is 3.47. The molecule has 4 rings (SSSR count). The monoisotopic (exact) mass is 412 g/mol. The summed E-state index contributed by atoms with van der Waals surface area (Å²) < 4.78 is 6.43. The average Bonchev–Trinajstić information content (AvgIpc) is 3.08. The van der Waals surface area contributed by atoms with E-state index in [1.54, 1.807) is 24.5 Å². The third-order valence-electron chi connectivity index (χ3n) is 4.95. The largest absolute Gasteiger partial charge is 0.497 e. The van der Waals surface area contributed by atoms with Crippen LogP contribution in [0.2, 0.25) is 5.02 Å². The Bertz CT molecular complexity index is 1020. The Morgan fingerprint density at radius 3 is 2.64 bits per heavy atom. The predicted octanol–water partition coefficient (Wildman–Crippen LogP) is 4.93.